The Kier molecular flexibility index (Phi) is 5.41. The highest BCUT2D eigenvalue weighted by Gasteiger charge is 2.31. The van der Waals surface area contributed by atoms with Crippen LogP contribution in [0.2, 0.25) is 10.0 Å². The maximum absolute atomic E-state index is 12.7. The van der Waals surface area contributed by atoms with E-state index >= 15 is 0 Å². The van der Waals surface area contributed by atoms with Crippen molar-refractivity contribution in [2.75, 3.05) is 22.7 Å². The Bertz CT molecular complexity index is 997. The molecule has 7 nitrogen and oxygen atoms in total. The van der Waals surface area contributed by atoms with Crippen molar-refractivity contribution in [3.8, 4) is 11.5 Å². The molecule has 1 heterocycles. The molecule has 1 aliphatic heterocycles. The van der Waals surface area contributed by atoms with Crippen LogP contribution in [0.1, 0.15) is 6.92 Å². The zero-order chi connectivity index (χ0) is 19.8. The topological polar surface area (TPSA) is 84.9 Å². The number of fused-ring (bicyclic) bond motifs is 1. The summed E-state index contributed by atoms with van der Waals surface area (Å²) in [5.41, 5.74) is 0.571. The number of carbonyl (C=O) groups excluding carboxylic acids is 1. The van der Waals surface area contributed by atoms with Crippen LogP contribution in [0.3, 0.4) is 0 Å². The van der Waals surface area contributed by atoms with Crippen molar-refractivity contribution < 1.29 is 22.7 Å². The van der Waals surface area contributed by atoms with Crippen LogP contribution in [0.15, 0.2) is 36.4 Å². The van der Waals surface area contributed by atoms with E-state index in [4.69, 9.17) is 32.7 Å². The van der Waals surface area contributed by atoms with E-state index in [0.29, 0.717) is 22.2 Å². The average molecular weight is 431 g/mol. The van der Waals surface area contributed by atoms with Crippen molar-refractivity contribution in [2.24, 2.45) is 0 Å². The number of amides is 1. The van der Waals surface area contributed by atoms with Gasteiger partial charge in [-0.3, -0.25) is 9.10 Å². The van der Waals surface area contributed by atoms with Gasteiger partial charge in [0.15, 0.2) is 11.5 Å². The fraction of sp³-hybridized carbons (Fsp3) is 0.235. The van der Waals surface area contributed by atoms with Gasteiger partial charge in [-0.15, -0.1) is 0 Å². The molecule has 0 bridgehead atoms. The van der Waals surface area contributed by atoms with Gasteiger partial charge in [-0.2, -0.15) is 0 Å². The molecule has 2 aromatic carbocycles. The van der Waals surface area contributed by atoms with E-state index in [9.17, 15) is 13.2 Å². The molecule has 0 fully saturated rings. The van der Waals surface area contributed by atoms with Gasteiger partial charge in [0, 0.05) is 16.8 Å². The highest BCUT2D eigenvalue weighted by atomic mass is 35.5. The van der Waals surface area contributed by atoms with Crippen LogP contribution < -0.4 is 19.1 Å². The molecule has 0 unspecified atom stereocenters. The number of nitrogens with one attached hydrogen (secondary N) is 1. The summed E-state index contributed by atoms with van der Waals surface area (Å²) in [5, 5.41) is 3.13. The van der Waals surface area contributed by atoms with Crippen molar-refractivity contribution in [1.82, 2.24) is 0 Å². The summed E-state index contributed by atoms with van der Waals surface area (Å²) in [6.07, 6.45) is 0.995. The number of hydrogen-bond acceptors (Lipinski definition) is 5. The number of carbonyl (C=O) groups is 1. The normalized spacial score (nSPS) is 13.9. The number of sulfonamides is 1. The smallest absolute Gasteiger partial charge is 0.247 e. The van der Waals surface area contributed by atoms with Gasteiger partial charge >= 0.3 is 0 Å². The van der Waals surface area contributed by atoms with E-state index in [0.717, 1.165) is 10.6 Å². The van der Waals surface area contributed by atoms with E-state index in [1.54, 1.807) is 18.2 Å². The molecule has 0 aromatic heterocycles. The van der Waals surface area contributed by atoms with Crippen molar-refractivity contribution >= 4 is 50.5 Å². The molecule has 1 aliphatic rings. The van der Waals surface area contributed by atoms with Crippen LogP contribution in [0.5, 0.6) is 11.5 Å². The minimum atomic E-state index is -3.82. The Morgan fingerprint density at radius 1 is 1.15 bits per heavy atom. The number of nitrogens with zero attached hydrogens (tertiary/aromatic N) is 1. The molecular weight excluding hydrogens is 415 g/mol. The quantitative estimate of drug-likeness (QED) is 0.783. The first-order valence-electron chi connectivity index (χ1n) is 7.82. The molecule has 0 spiro atoms. The molecule has 10 heteroatoms. The zero-order valence-electron chi connectivity index (χ0n) is 14.4. The predicted octanol–water partition coefficient (Wildman–Crippen LogP) is 3.52. The van der Waals surface area contributed by atoms with Crippen LogP contribution in [0, 0.1) is 0 Å². The minimum Gasteiger partial charge on any atom is -0.454 e. The average Bonchev–Trinajstić information content (AvgIpc) is 3.04. The summed E-state index contributed by atoms with van der Waals surface area (Å²) < 4.78 is 36.1. The van der Waals surface area contributed by atoms with Gasteiger partial charge in [-0.25, -0.2) is 8.42 Å². The summed E-state index contributed by atoms with van der Waals surface area (Å²) in [6, 6.07) is 8.21. The third-order valence-electron chi connectivity index (χ3n) is 3.87. The largest absolute Gasteiger partial charge is 0.454 e. The molecule has 0 saturated carbocycles. The van der Waals surface area contributed by atoms with Gasteiger partial charge < -0.3 is 14.8 Å². The van der Waals surface area contributed by atoms with Crippen molar-refractivity contribution in [3.05, 3.63) is 46.4 Å². The fourth-order valence-corrected chi connectivity index (χ4v) is 4.26. The SMILES string of the molecule is C[C@H](C(=O)Nc1ccc2c(c1)OCO2)N(c1cc(Cl)ccc1Cl)S(C)(=O)=O. The predicted molar refractivity (Wildman–Crippen MR) is 104 cm³/mol. The Labute approximate surface area is 166 Å². The lowest BCUT2D eigenvalue weighted by Crippen LogP contribution is -2.45. The number of benzene rings is 2. The maximum Gasteiger partial charge on any atom is 0.247 e. The number of halogens is 2. The monoisotopic (exact) mass is 430 g/mol. The van der Waals surface area contributed by atoms with Gasteiger partial charge in [0.05, 0.1) is 17.0 Å². The minimum absolute atomic E-state index is 0.109. The molecule has 1 atom stereocenters. The molecule has 0 radical (unpaired) electrons. The fourth-order valence-electron chi connectivity index (χ4n) is 2.66. The van der Waals surface area contributed by atoms with Crippen LogP contribution in [0.4, 0.5) is 11.4 Å². The maximum atomic E-state index is 12.7. The molecule has 2 aromatic rings. The summed E-state index contributed by atoms with van der Waals surface area (Å²) in [6.45, 7) is 1.57. The molecule has 3 rings (SSSR count). The van der Waals surface area contributed by atoms with Crippen molar-refractivity contribution in [3.63, 3.8) is 0 Å². The van der Waals surface area contributed by atoms with Crippen LogP contribution in [-0.2, 0) is 14.8 Å². The van der Waals surface area contributed by atoms with E-state index in [1.165, 1.54) is 25.1 Å². The van der Waals surface area contributed by atoms with Crippen LogP contribution >= 0.6 is 23.2 Å². The molecule has 27 heavy (non-hydrogen) atoms. The van der Waals surface area contributed by atoms with E-state index in [-0.39, 0.29) is 17.5 Å². The number of anilines is 2. The lowest BCUT2D eigenvalue weighted by atomic mass is 10.2. The molecule has 0 aliphatic carbocycles. The van der Waals surface area contributed by atoms with E-state index in [2.05, 4.69) is 5.32 Å². The van der Waals surface area contributed by atoms with Crippen molar-refractivity contribution in [1.29, 1.82) is 0 Å². The Hall–Kier alpha value is -2.16. The van der Waals surface area contributed by atoms with Gasteiger partial charge in [0.25, 0.3) is 0 Å². The molecule has 0 saturated heterocycles. The van der Waals surface area contributed by atoms with Crippen molar-refractivity contribution in [2.45, 2.75) is 13.0 Å². The first kappa shape index (κ1) is 19.6. The van der Waals surface area contributed by atoms with Crippen LogP contribution in [0.25, 0.3) is 0 Å². The lowest BCUT2D eigenvalue weighted by molar-refractivity contribution is -0.116. The molecule has 1 N–H and O–H groups in total. The van der Waals surface area contributed by atoms with Gasteiger partial charge in [-0.1, -0.05) is 23.2 Å². The molecule has 144 valence electrons. The molecular formula is C17H16Cl2N2O5S. The second-order valence-electron chi connectivity index (χ2n) is 5.89. The first-order valence-corrected chi connectivity index (χ1v) is 10.4. The number of hydrogen-bond donors (Lipinski definition) is 1. The zero-order valence-corrected chi connectivity index (χ0v) is 16.7. The summed E-state index contributed by atoms with van der Waals surface area (Å²) >= 11 is 12.1. The van der Waals surface area contributed by atoms with E-state index < -0.39 is 22.0 Å². The lowest BCUT2D eigenvalue weighted by Gasteiger charge is -2.29. The number of ether oxygens (including phenoxy) is 2. The summed E-state index contributed by atoms with van der Waals surface area (Å²) in [5.74, 6) is 0.526. The number of rotatable bonds is 5. The Balaban J connectivity index is 1.89. The Morgan fingerprint density at radius 3 is 2.56 bits per heavy atom. The standard InChI is InChI=1S/C17H16Cl2N2O5S/c1-10(17(22)20-12-4-6-15-16(8-12)26-9-25-15)21(27(2,23)24)14-7-11(18)3-5-13(14)19/h3-8,10H,9H2,1-2H3,(H,20,22)/t10-/m1/s1. The highest BCUT2D eigenvalue weighted by Crippen LogP contribution is 2.35. The second-order valence-corrected chi connectivity index (χ2v) is 8.59. The summed E-state index contributed by atoms with van der Waals surface area (Å²) in [7, 11) is -3.82. The third kappa shape index (κ3) is 4.23. The van der Waals surface area contributed by atoms with Gasteiger partial charge in [-0.05, 0) is 37.3 Å². The van der Waals surface area contributed by atoms with Crippen LogP contribution in [-0.4, -0.2) is 33.4 Å². The highest BCUT2D eigenvalue weighted by molar-refractivity contribution is 7.92. The second kappa shape index (κ2) is 7.46. The molecule has 1 amide bonds. The Morgan fingerprint density at radius 2 is 1.85 bits per heavy atom. The summed E-state index contributed by atoms with van der Waals surface area (Å²) in [4.78, 5) is 12.7. The van der Waals surface area contributed by atoms with E-state index in [1.807, 2.05) is 0 Å². The van der Waals surface area contributed by atoms with Gasteiger partial charge in [0.2, 0.25) is 22.7 Å². The third-order valence-corrected chi connectivity index (χ3v) is 5.66. The first-order chi connectivity index (χ1) is 12.7. The van der Waals surface area contributed by atoms with Gasteiger partial charge in [0.1, 0.15) is 6.04 Å².